The molecule has 1 aromatic rings. The van der Waals surface area contributed by atoms with Gasteiger partial charge in [-0.25, -0.2) is 0 Å². The van der Waals surface area contributed by atoms with Crippen molar-refractivity contribution in [2.45, 2.75) is 38.1 Å². The molecule has 0 saturated heterocycles. The smallest absolute Gasteiger partial charge is 0.227 e. The molecule has 2 saturated carbocycles. The van der Waals surface area contributed by atoms with Gasteiger partial charge in [-0.15, -0.1) is 0 Å². The Labute approximate surface area is 143 Å². The minimum atomic E-state index is 0.0816. The van der Waals surface area contributed by atoms with Crippen molar-refractivity contribution in [1.82, 2.24) is 0 Å². The minimum absolute atomic E-state index is 0.0816. The van der Waals surface area contributed by atoms with E-state index in [1.165, 1.54) is 19.3 Å². The SMILES string of the molecule is COCCOc1cccc(NC(=O)C2CC3CCCC(C2)C3N)c1. The maximum atomic E-state index is 12.7. The highest BCUT2D eigenvalue weighted by Crippen LogP contribution is 2.42. The molecule has 0 spiro atoms. The van der Waals surface area contributed by atoms with Crippen LogP contribution in [0, 0.1) is 17.8 Å². The Kier molecular flexibility index (Phi) is 5.74. The molecule has 2 bridgehead atoms. The number of anilines is 1. The highest BCUT2D eigenvalue weighted by Gasteiger charge is 2.40. The number of ether oxygens (including phenoxy) is 2. The largest absolute Gasteiger partial charge is 0.491 e. The van der Waals surface area contributed by atoms with Crippen molar-refractivity contribution in [3.63, 3.8) is 0 Å². The molecule has 132 valence electrons. The fourth-order valence-electron chi connectivity index (χ4n) is 4.15. The zero-order chi connectivity index (χ0) is 16.9. The zero-order valence-electron chi connectivity index (χ0n) is 14.4. The molecule has 2 aliphatic carbocycles. The first-order valence-corrected chi connectivity index (χ1v) is 8.95. The van der Waals surface area contributed by atoms with E-state index in [9.17, 15) is 4.79 Å². The number of amides is 1. The maximum absolute atomic E-state index is 12.7. The summed E-state index contributed by atoms with van der Waals surface area (Å²) in [5.41, 5.74) is 7.11. The highest BCUT2D eigenvalue weighted by molar-refractivity contribution is 5.92. The Hall–Kier alpha value is -1.59. The van der Waals surface area contributed by atoms with E-state index < -0.39 is 0 Å². The molecular formula is C19H28N2O3. The average molecular weight is 332 g/mol. The van der Waals surface area contributed by atoms with Crippen LogP contribution < -0.4 is 15.8 Å². The van der Waals surface area contributed by atoms with Crippen molar-refractivity contribution in [3.05, 3.63) is 24.3 Å². The van der Waals surface area contributed by atoms with Crippen molar-refractivity contribution in [1.29, 1.82) is 0 Å². The molecular weight excluding hydrogens is 304 g/mol. The molecule has 0 heterocycles. The molecule has 5 heteroatoms. The van der Waals surface area contributed by atoms with Gasteiger partial charge in [0.15, 0.2) is 0 Å². The quantitative estimate of drug-likeness (QED) is 0.786. The van der Waals surface area contributed by atoms with Crippen LogP contribution >= 0.6 is 0 Å². The first-order chi connectivity index (χ1) is 11.7. The number of carbonyl (C=O) groups excluding carboxylic acids is 1. The van der Waals surface area contributed by atoms with Crippen LogP contribution in [0.5, 0.6) is 5.75 Å². The monoisotopic (exact) mass is 332 g/mol. The maximum Gasteiger partial charge on any atom is 0.227 e. The summed E-state index contributed by atoms with van der Waals surface area (Å²) in [6.45, 7) is 1.04. The summed E-state index contributed by atoms with van der Waals surface area (Å²) in [7, 11) is 1.64. The second-order valence-electron chi connectivity index (χ2n) is 7.06. The third kappa shape index (κ3) is 4.08. The summed E-state index contributed by atoms with van der Waals surface area (Å²) in [4.78, 5) is 12.7. The number of fused-ring (bicyclic) bond motifs is 2. The Morgan fingerprint density at radius 2 is 2.00 bits per heavy atom. The normalized spacial score (nSPS) is 29.1. The molecule has 2 aliphatic rings. The van der Waals surface area contributed by atoms with Crippen molar-refractivity contribution in [2.75, 3.05) is 25.6 Å². The van der Waals surface area contributed by atoms with E-state index in [1.54, 1.807) is 7.11 Å². The molecule has 3 N–H and O–H groups in total. The van der Waals surface area contributed by atoms with E-state index in [2.05, 4.69) is 5.32 Å². The minimum Gasteiger partial charge on any atom is -0.491 e. The number of nitrogens with two attached hydrogens (primary N) is 1. The molecule has 5 nitrogen and oxygen atoms in total. The molecule has 3 rings (SSSR count). The van der Waals surface area contributed by atoms with Crippen LogP contribution in [0.25, 0.3) is 0 Å². The zero-order valence-corrected chi connectivity index (χ0v) is 14.4. The van der Waals surface area contributed by atoms with Crippen LogP contribution in [0.15, 0.2) is 24.3 Å². The van der Waals surface area contributed by atoms with Gasteiger partial charge in [-0.05, 0) is 49.7 Å². The number of rotatable bonds is 6. The van der Waals surface area contributed by atoms with Crippen LogP contribution in [0.3, 0.4) is 0 Å². The number of nitrogens with one attached hydrogen (secondary N) is 1. The molecule has 0 aromatic heterocycles. The van der Waals surface area contributed by atoms with Gasteiger partial charge in [0.1, 0.15) is 12.4 Å². The van der Waals surface area contributed by atoms with E-state index >= 15 is 0 Å². The molecule has 1 aromatic carbocycles. The molecule has 2 fully saturated rings. The van der Waals surface area contributed by atoms with Gasteiger partial charge in [0.25, 0.3) is 0 Å². The first kappa shape index (κ1) is 17.2. The number of methoxy groups -OCH3 is 1. The van der Waals surface area contributed by atoms with E-state index in [-0.39, 0.29) is 11.8 Å². The van der Waals surface area contributed by atoms with Gasteiger partial charge >= 0.3 is 0 Å². The van der Waals surface area contributed by atoms with E-state index in [4.69, 9.17) is 15.2 Å². The van der Waals surface area contributed by atoms with Gasteiger partial charge in [-0.3, -0.25) is 4.79 Å². The van der Waals surface area contributed by atoms with Crippen molar-refractivity contribution >= 4 is 11.6 Å². The second-order valence-corrected chi connectivity index (χ2v) is 7.06. The molecule has 2 atom stereocenters. The van der Waals surface area contributed by atoms with Crippen molar-refractivity contribution in [2.24, 2.45) is 23.5 Å². The number of hydrogen-bond acceptors (Lipinski definition) is 4. The van der Waals surface area contributed by atoms with Crippen molar-refractivity contribution < 1.29 is 14.3 Å². The summed E-state index contributed by atoms with van der Waals surface area (Å²) < 4.78 is 10.6. The summed E-state index contributed by atoms with van der Waals surface area (Å²) in [6, 6.07) is 7.83. The predicted molar refractivity (Wildman–Crippen MR) is 94.0 cm³/mol. The Morgan fingerprint density at radius 1 is 1.25 bits per heavy atom. The summed E-state index contributed by atoms with van der Waals surface area (Å²) >= 11 is 0. The van der Waals surface area contributed by atoms with Gasteiger partial charge in [0.05, 0.1) is 6.61 Å². The fourth-order valence-corrected chi connectivity index (χ4v) is 4.15. The number of carbonyl (C=O) groups is 1. The van der Waals surface area contributed by atoms with Crippen molar-refractivity contribution in [3.8, 4) is 5.75 Å². The van der Waals surface area contributed by atoms with Gasteiger partial charge in [-0.2, -0.15) is 0 Å². The fraction of sp³-hybridized carbons (Fsp3) is 0.632. The molecule has 0 radical (unpaired) electrons. The predicted octanol–water partition coefficient (Wildman–Crippen LogP) is 2.80. The molecule has 0 aliphatic heterocycles. The third-order valence-corrected chi connectivity index (χ3v) is 5.44. The van der Waals surface area contributed by atoms with E-state index in [0.29, 0.717) is 31.1 Å². The Balaban J connectivity index is 1.57. The standard InChI is InChI=1S/C19H28N2O3/c1-23-8-9-24-17-7-3-6-16(12-17)21-19(22)15-10-13-4-2-5-14(11-15)18(13)20/h3,6-7,12-15,18H,2,4-5,8-11,20H2,1H3,(H,21,22). The lowest BCUT2D eigenvalue weighted by molar-refractivity contribution is -0.122. The van der Waals surface area contributed by atoms with Crippen LogP contribution in [-0.4, -0.2) is 32.3 Å². The lowest BCUT2D eigenvalue weighted by Crippen LogP contribution is -2.48. The summed E-state index contributed by atoms with van der Waals surface area (Å²) in [6.07, 6.45) is 5.45. The van der Waals surface area contributed by atoms with Crippen LogP contribution in [-0.2, 0) is 9.53 Å². The lowest BCUT2D eigenvalue weighted by Gasteiger charge is -2.43. The van der Waals surface area contributed by atoms with Gasteiger partial charge in [0.2, 0.25) is 5.91 Å². The topological polar surface area (TPSA) is 73.6 Å². The number of benzene rings is 1. The summed E-state index contributed by atoms with van der Waals surface area (Å²) in [5.74, 6) is 1.97. The summed E-state index contributed by atoms with van der Waals surface area (Å²) in [5, 5.41) is 3.06. The van der Waals surface area contributed by atoms with Gasteiger partial charge < -0.3 is 20.5 Å². The van der Waals surface area contributed by atoms with Crippen LogP contribution in [0.1, 0.15) is 32.1 Å². The third-order valence-electron chi connectivity index (χ3n) is 5.44. The van der Waals surface area contributed by atoms with Gasteiger partial charge in [-0.1, -0.05) is 12.5 Å². The van der Waals surface area contributed by atoms with Crippen LogP contribution in [0.4, 0.5) is 5.69 Å². The van der Waals surface area contributed by atoms with Gasteiger partial charge in [0, 0.05) is 30.8 Å². The molecule has 2 unspecified atom stereocenters. The van der Waals surface area contributed by atoms with Crippen LogP contribution in [0.2, 0.25) is 0 Å². The average Bonchev–Trinajstić information content (AvgIpc) is 2.55. The molecule has 24 heavy (non-hydrogen) atoms. The number of hydrogen-bond donors (Lipinski definition) is 2. The van der Waals surface area contributed by atoms with E-state index in [0.717, 1.165) is 24.3 Å². The Bertz CT molecular complexity index is 549. The first-order valence-electron chi connectivity index (χ1n) is 8.95. The highest BCUT2D eigenvalue weighted by atomic mass is 16.5. The molecule has 1 amide bonds. The second kappa shape index (κ2) is 7.99. The Morgan fingerprint density at radius 3 is 2.71 bits per heavy atom. The lowest BCUT2D eigenvalue weighted by atomic mass is 9.65. The van der Waals surface area contributed by atoms with E-state index in [1.807, 2.05) is 24.3 Å².